The summed E-state index contributed by atoms with van der Waals surface area (Å²) in [6.07, 6.45) is 0. The molecule has 96 valence electrons. The number of hydrogen-bond acceptors (Lipinski definition) is 2. The molecule has 0 aromatic heterocycles. The monoisotopic (exact) mass is 255 g/mol. The van der Waals surface area contributed by atoms with Crippen LogP contribution in [0.5, 0.6) is 5.75 Å². The molecule has 0 spiro atoms. The molecule has 1 unspecified atom stereocenters. The first-order chi connectivity index (χ1) is 8.10. The lowest BCUT2D eigenvalue weighted by Crippen LogP contribution is -2.24. The van der Waals surface area contributed by atoms with E-state index in [9.17, 15) is 0 Å². The molecule has 17 heavy (non-hydrogen) atoms. The molecule has 0 saturated heterocycles. The third kappa shape index (κ3) is 3.90. The minimum atomic E-state index is 0.420. The molecule has 0 fully saturated rings. The third-order valence-corrected chi connectivity index (χ3v) is 3.25. The summed E-state index contributed by atoms with van der Waals surface area (Å²) in [6, 6.07) is 5.83. The van der Waals surface area contributed by atoms with Crippen molar-refractivity contribution in [1.29, 1.82) is 0 Å². The van der Waals surface area contributed by atoms with Crippen molar-refractivity contribution in [2.75, 3.05) is 20.2 Å². The zero-order valence-corrected chi connectivity index (χ0v) is 11.8. The van der Waals surface area contributed by atoms with E-state index in [1.807, 2.05) is 18.2 Å². The van der Waals surface area contributed by atoms with Gasteiger partial charge in [0.1, 0.15) is 5.75 Å². The van der Waals surface area contributed by atoms with Crippen LogP contribution in [0.25, 0.3) is 0 Å². The number of benzene rings is 1. The van der Waals surface area contributed by atoms with Gasteiger partial charge in [0.2, 0.25) is 0 Å². The molecule has 0 aliphatic rings. The second-order valence-corrected chi connectivity index (χ2v) is 4.98. The van der Waals surface area contributed by atoms with Crippen LogP contribution in [0.2, 0.25) is 5.02 Å². The Morgan fingerprint density at radius 1 is 1.35 bits per heavy atom. The molecule has 3 heteroatoms. The van der Waals surface area contributed by atoms with E-state index in [0.717, 1.165) is 23.9 Å². The maximum Gasteiger partial charge on any atom is 0.122 e. The predicted molar refractivity (Wildman–Crippen MR) is 74.1 cm³/mol. The summed E-state index contributed by atoms with van der Waals surface area (Å²) in [5.41, 5.74) is 1.19. The van der Waals surface area contributed by atoms with Crippen LogP contribution in [0.4, 0.5) is 0 Å². The predicted octanol–water partition coefficient (Wildman–Crippen LogP) is 3.70. The number of nitrogens with one attached hydrogen (secondary N) is 1. The molecule has 1 N–H and O–H groups in total. The first-order valence-corrected chi connectivity index (χ1v) is 6.52. The highest BCUT2D eigenvalue weighted by Crippen LogP contribution is 2.33. The molecular weight excluding hydrogens is 234 g/mol. The lowest BCUT2D eigenvalue weighted by Gasteiger charge is -2.23. The van der Waals surface area contributed by atoms with Gasteiger partial charge in [-0.2, -0.15) is 0 Å². The Balaban J connectivity index is 3.02. The van der Waals surface area contributed by atoms with Crippen LogP contribution in [-0.2, 0) is 0 Å². The molecule has 0 heterocycles. The maximum atomic E-state index is 6.08. The van der Waals surface area contributed by atoms with E-state index < -0.39 is 0 Å². The smallest absolute Gasteiger partial charge is 0.122 e. The first kappa shape index (κ1) is 14.3. The molecule has 0 radical (unpaired) electrons. The van der Waals surface area contributed by atoms with E-state index in [2.05, 4.69) is 26.1 Å². The number of ether oxygens (including phenoxy) is 1. The van der Waals surface area contributed by atoms with Crippen molar-refractivity contribution >= 4 is 11.6 Å². The number of methoxy groups -OCH3 is 1. The standard InChI is InChI=1S/C14H22ClNO/c1-5-16-9-13(10(2)3)12-8-11(15)6-7-14(12)17-4/h6-8,10,13,16H,5,9H2,1-4H3. The van der Waals surface area contributed by atoms with Crippen LogP contribution in [0.1, 0.15) is 32.3 Å². The van der Waals surface area contributed by atoms with Gasteiger partial charge in [0.25, 0.3) is 0 Å². The van der Waals surface area contributed by atoms with Gasteiger partial charge in [-0.15, -0.1) is 0 Å². The summed E-state index contributed by atoms with van der Waals surface area (Å²) in [5.74, 6) is 1.89. The maximum absolute atomic E-state index is 6.08. The molecule has 1 aromatic carbocycles. The molecule has 0 bridgehead atoms. The molecule has 0 amide bonds. The number of hydrogen-bond donors (Lipinski definition) is 1. The molecular formula is C14H22ClNO. The summed E-state index contributed by atoms with van der Waals surface area (Å²) in [5, 5.41) is 4.17. The molecule has 0 aliphatic carbocycles. The van der Waals surface area contributed by atoms with Crippen molar-refractivity contribution in [2.45, 2.75) is 26.7 Å². The van der Waals surface area contributed by atoms with Gasteiger partial charge in [0, 0.05) is 23.0 Å². The second-order valence-electron chi connectivity index (χ2n) is 4.54. The minimum Gasteiger partial charge on any atom is -0.496 e. The van der Waals surface area contributed by atoms with Crippen molar-refractivity contribution in [3.63, 3.8) is 0 Å². The Labute approximate surface area is 109 Å². The number of likely N-dealkylation sites (N-methyl/N-ethyl adjacent to an activating group) is 1. The summed E-state index contributed by atoms with van der Waals surface area (Å²) in [7, 11) is 1.71. The molecule has 0 aliphatic heterocycles. The molecule has 1 atom stereocenters. The van der Waals surface area contributed by atoms with Gasteiger partial charge in [-0.05, 0) is 30.7 Å². The molecule has 1 aromatic rings. The number of rotatable bonds is 6. The van der Waals surface area contributed by atoms with Gasteiger partial charge in [-0.3, -0.25) is 0 Å². The Morgan fingerprint density at radius 3 is 2.59 bits per heavy atom. The van der Waals surface area contributed by atoms with E-state index >= 15 is 0 Å². The van der Waals surface area contributed by atoms with Gasteiger partial charge in [-0.25, -0.2) is 0 Å². The van der Waals surface area contributed by atoms with Crippen molar-refractivity contribution < 1.29 is 4.74 Å². The lowest BCUT2D eigenvalue weighted by atomic mass is 9.87. The molecule has 2 nitrogen and oxygen atoms in total. The summed E-state index contributed by atoms with van der Waals surface area (Å²) in [4.78, 5) is 0. The van der Waals surface area contributed by atoms with Crippen molar-refractivity contribution in [3.8, 4) is 5.75 Å². The van der Waals surface area contributed by atoms with E-state index in [-0.39, 0.29) is 0 Å². The van der Waals surface area contributed by atoms with Gasteiger partial charge in [0.15, 0.2) is 0 Å². The second kappa shape index (κ2) is 6.87. The van der Waals surface area contributed by atoms with E-state index in [0.29, 0.717) is 11.8 Å². The van der Waals surface area contributed by atoms with Crippen LogP contribution < -0.4 is 10.1 Å². The van der Waals surface area contributed by atoms with Gasteiger partial charge in [-0.1, -0.05) is 32.4 Å². The lowest BCUT2D eigenvalue weighted by molar-refractivity contribution is 0.390. The van der Waals surface area contributed by atoms with Gasteiger partial charge >= 0.3 is 0 Å². The Morgan fingerprint density at radius 2 is 2.06 bits per heavy atom. The SMILES string of the molecule is CCNCC(c1cc(Cl)ccc1OC)C(C)C. The Kier molecular flexibility index (Phi) is 5.79. The van der Waals surface area contributed by atoms with Gasteiger partial charge in [0.05, 0.1) is 7.11 Å². The highest BCUT2D eigenvalue weighted by molar-refractivity contribution is 6.30. The van der Waals surface area contributed by atoms with Crippen LogP contribution >= 0.6 is 11.6 Å². The largest absolute Gasteiger partial charge is 0.496 e. The quantitative estimate of drug-likeness (QED) is 0.837. The fourth-order valence-electron chi connectivity index (χ4n) is 2.00. The van der Waals surface area contributed by atoms with E-state index in [1.54, 1.807) is 7.11 Å². The fourth-order valence-corrected chi connectivity index (χ4v) is 2.18. The van der Waals surface area contributed by atoms with Crippen LogP contribution in [0.3, 0.4) is 0 Å². The highest BCUT2D eigenvalue weighted by Gasteiger charge is 2.19. The van der Waals surface area contributed by atoms with Gasteiger partial charge < -0.3 is 10.1 Å². The number of halogens is 1. The molecule has 1 rings (SSSR count). The first-order valence-electron chi connectivity index (χ1n) is 6.14. The average Bonchev–Trinajstić information content (AvgIpc) is 2.29. The van der Waals surface area contributed by atoms with Crippen LogP contribution in [0, 0.1) is 5.92 Å². The topological polar surface area (TPSA) is 21.3 Å². The summed E-state index contributed by atoms with van der Waals surface area (Å²) >= 11 is 6.08. The summed E-state index contributed by atoms with van der Waals surface area (Å²) < 4.78 is 5.43. The van der Waals surface area contributed by atoms with Crippen molar-refractivity contribution in [2.24, 2.45) is 5.92 Å². The minimum absolute atomic E-state index is 0.420. The zero-order chi connectivity index (χ0) is 12.8. The fraction of sp³-hybridized carbons (Fsp3) is 0.571. The average molecular weight is 256 g/mol. The van der Waals surface area contributed by atoms with Crippen LogP contribution in [0.15, 0.2) is 18.2 Å². The van der Waals surface area contributed by atoms with Crippen molar-refractivity contribution in [1.82, 2.24) is 5.32 Å². The summed E-state index contributed by atoms with van der Waals surface area (Å²) in [6.45, 7) is 8.49. The van der Waals surface area contributed by atoms with E-state index in [1.165, 1.54) is 5.56 Å². The Hall–Kier alpha value is -0.730. The van der Waals surface area contributed by atoms with Crippen molar-refractivity contribution in [3.05, 3.63) is 28.8 Å². The molecule has 0 saturated carbocycles. The Bertz CT molecular complexity index is 352. The zero-order valence-electron chi connectivity index (χ0n) is 11.1. The van der Waals surface area contributed by atoms with Crippen LogP contribution in [-0.4, -0.2) is 20.2 Å². The third-order valence-electron chi connectivity index (χ3n) is 3.01. The normalized spacial score (nSPS) is 12.8. The van der Waals surface area contributed by atoms with E-state index in [4.69, 9.17) is 16.3 Å². The highest BCUT2D eigenvalue weighted by atomic mass is 35.5.